The Balaban J connectivity index is 1.49. The summed E-state index contributed by atoms with van der Waals surface area (Å²) in [6.45, 7) is 0. The van der Waals surface area contributed by atoms with Gasteiger partial charge in [0.2, 0.25) is 5.43 Å². The van der Waals surface area contributed by atoms with Crippen molar-refractivity contribution in [3.05, 3.63) is 63.1 Å². The fraction of sp³-hybridized carbons (Fsp3) is 0.400. The summed E-state index contributed by atoms with van der Waals surface area (Å²) in [4.78, 5) is 39.2. The summed E-state index contributed by atoms with van der Waals surface area (Å²) < 4.78 is 33.6. The quantitative estimate of drug-likeness (QED) is 0.262. The molecule has 2 aliphatic carbocycles. The lowest BCUT2D eigenvalue weighted by atomic mass is 9.57. The zero-order valence-corrected chi connectivity index (χ0v) is 21.4. The van der Waals surface area contributed by atoms with Crippen molar-refractivity contribution in [2.45, 2.75) is 37.8 Å². The molecule has 200 valence electrons. The van der Waals surface area contributed by atoms with Crippen LogP contribution in [0.5, 0.6) is 5.75 Å². The smallest absolute Gasteiger partial charge is 0.316 e. The minimum absolute atomic E-state index is 0.00659. The van der Waals surface area contributed by atoms with Gasteiger partial charge in [-0.2, -0.15) is 0 Å². The summed E-state index contributed by atoms with van der Waals surface area (Å²) in [5.41, 5.74) is -3.74. The number of carbonyl (C=O) groups excluding carboxylic acids is 2. The molecule has 38 heavy (non-hydrogen) atoms. The molecule has 1 aromatic heterocycles. The van der Waals surface area contributed by atoms with Crippen molar-refractivity contribution in [2.75, 3.05) is 19.2 Å². The first-order valence-electron chi connectivity index (χ1n) is 11.9. The van der Waals surface area contributed by atoms with E-state index in [1.54, 1.807) is 12.1 Å². The molecule has 2 fully saturated rings. The van der Waals surface area contributed by atoms with Crippen LogP contribution in [0.15, 0.2) is 29.2 Å². The first-order chi connectivity index (χ1) is 18.0. The minimum atomic E-state index is -1.17. The van der Waals surface area contributed by atoms with Crippen LogP contribution in [0.3, 0.4) is 0 Å². The number of nitrogens with one attached hydrogen (secondary N) is 3. The second-order valence-corrected chi connectivity index (χ2v) is 10.9. The lowest BCUT2D eigenvalue weighted by molar-refractivity contribution is -0.171. The van der Waals surface area contributed by atoms with E-state index in [1.165, 1.54) is 24.0 Å². The molecule has 0 bridgehead atoms. The number of halogens is 2. The van der Waals surface area contributed by atoms with Crippen molar-refractivity contribution in [3.63, 3.8) is 0 Å². The van der Waals surface area contributed by atoms with Gasteiger partial charge in [-0.3, -0.25) is 34.9 Å². The number of amides is 1. The topological polar surface area (TPSA) is 149 Å². The summed E-state index contributed by atoms with van der Waals surface area (Å²) in [7, 11) is 2.92. The standard InChI is InChI=1S/C25H25F2N5O5S/c1-31-25(8-6-13-5-7-24(13,25)23(36)37-2)30-22(35)18-20(34)19(33)15(11-32(18)31)21(29)38-17(28)9-12-3-4-14(26)10-16(12)27/h3-4,10-11,13,28-29,34H,5-9H2,1-2H3,(H,30,35)/t13-,24-,25?/m1/s1. The molecule has 2 aromatic rings. The van der Waals surface area contributed by atoms with Gasteiger partial charge >= 0.3 is 5.97 Å². The summed E-state index contributed by atoms with van der Waals surface area (Å²) in [5, 5.41) is 31.2. The fourth-order valence-corrected chi connectivity index (χ4v) is 6.92. The summed E-state index contributed by atoms with van der Waals surface area (Å²) in [6, 6.07) is 2.95. The van der Waals surface area contributed by atoms with Gasteiger partial charge in [0.25, 0.3) is 5.91 Å². The number of esters is 1. The van der Waals surface area contributed by atoms with E-state index in [4.69, 9.17) is 15.6 Å². The average Bonchev–Trinajstić information content (AvgIpc) is 3.06. The van der Waals surface area contributed by atoms with Crippen LogP contribution in [0.1, 0.15) is 47.3 Å². The molecule has 1 spiro atoms. The molecule has 3 aliphatic rings. The zero-order chi connectivity index (χ0) is 27.6. The number of methoxy groups -OCH3 is 1. The van der Waals surface area contributed by atoms with E-state index in [9.17, 15) is 28.3 Å². The Morgan fingerprint density at radius 2 is 1.97 bits per heavy atom. The Morgan fingerprint density at radius 3 is 2.61 bits per heavy atom. The first-order valence-corrected chi connectivity index (χ1v) is 12.7. The Hall–Kier alpha value is -3.74. The van der Waals surface area contributed by atoms with Gasteiger partial charge in [0.15, 0.2) is 11.4 Å². The molecular weight excluding hydrogens is 520 g/mol. The number of aromatic hydroxyl groups is 1. The van der Waals surface area contributed by atoms with Crippen LogP contribution < -0.4 is 15.8 Å². The molecule has 0 radical (unpaired) electrons. The molecule has 4 N–H and O–H groups in total. The van der Waals surface area contributed by atoms with Gasteiger partial charge in [0, 0.05) is 25.7 Å². The number of rotatable bonds is 4. The van der Waals surface area contributed by atoms with Crippen molar-refractivity contribution in [2.24, 2.45) is 11.3 Å². The van der Waals surface area contributed by atoms with Gasteiger partial charge in [-0.05, 0) is 43.2 Å². The maximum atomic E-state index is 14.0. The van der Waals surface area contributed by atoms with Crippen LogP contribution in [0.4, 0.5) is 8.78 Å². The monoisotopic (exact) mass is 545 g/mol. The van der Waals surface area contributed by atoms with Crippen LogP contribution in [-0.2, 0) is 16.0 Å². The van der Waals surface area contributed by atoms with Crippen LogP contribution in [0.2, 0.25) is 0 Å². The third-order valence-corrected chi connectivity index (χ3v) is 8.95. The Kier molecular flexibility index (Phi) is 6.08. The number of hydrogen-bond acceptors (Lipinski definition) is 9. The highest BCUT2D eigenvalue weighted by Crippen LogP contribution is 2.64. The zero-order valence-electron chi connectivity index (χ0n) is 20.6. The number of ether oxygens (including phenoxy) is 1. The normalized spacial score (nSPS) is 25.3. The summed E-state index contributed by atoms with van der Waals surface area (Å²) in [6.07, 6.45) is 3.37. The second kappa shape index (κ2) is 8.93. The van der Waals surface area contributed by atoms with Crippen molar-refractivity contribution < 1.29 is 28.2 Å². The highest BCUT2D eigenvalue weighted by Gasteiger charge is 2.73. The highest BCUT2D eigenvalue weighted by molar-refractivity contribution is 8.26. The Labute approximate surface area is 220 Å². The Morgan fingerprint density at radius 1 is 1.26 bits per heavy atom. The maximum absolute atomic E-state index is 14.0. The van der Waals surface area contributed by atoms with Crippen LogP contribution in [0, 0.1) is 33.8 Å². The van der Waals surface area contributed by atoms with E-state index in [1.807, 2.05) is 0 Å². The van der Waals surface area contributed by atoms with Crippen LogP contribution in [-0.4, -0.2) is 51.6 Å². The molecule has 1 amide bonds. The van der Waals surface area contributed by atoms with Gasteiger partial charge < -0.3 is 15.2 Å². The Bertz CT molecular complexity index is 1480. The van der Waals surface area contributed by atoms with E-state index in [2.05, 4.69) is 5.32 Å². The van der Waals surface area contributed by atoms with Gasteiger partial charge in [0.1, 0.15) is 27.8 Å². The highest BCUT2D eigenvalue weighted by atomic mass is 32.2. The molecule has 1 unspecified atom stereocenters. The molecule has 13 heteroatoms. The number of hydrogen-bond donors (Lipinski definition) is 4. The second-order valence-electron chi connectivity index (χ2n) is 9.76. The molecule has 5 rings (SSSR count). The van der Waals surface area contributed by atoms with Crippen LogP contribution in [0.25, 0.3) is 0 Å². The molecule has 2 heterocycles. The number of carbonyl (C=O) groups is 2. The molecular formula is C25H25F2N5O5S. The number of fused-ring (bicyclic) bond motifs is 3. The summed E-state index contributed by atoms with van der Waals surface area (Å²) in [5.74, 6) is -3.66. The number of thioether (sulfide) groups is 1. The fourth-order valence-electron chi connectivity index (χ4n) is 6.19. The van der Waals surface area contributed by atoms with E-state index >= 15 is 0 Å². The van der Waals surface area contributed by atoms with E-state index in [0.29, 0.717) is 37.1 Å². The lowest BCUT2D eigenvalue weighted by Crippen LogP contribution is -2.77. The molecule has 1 aliphatic heterocycles. The lowest BCUT2D eigenvalue weighted by Gasteiger charge is -2.58. The van der Waals surface area contributed by atoms with Gasteiger partial charge in [-0.25, -0.2) is 8.78 Å². The van der Waals surface area contributed by atoms with E-state index < -0.39 is 50.8 Å². The van der Waals surface area contributed by atoms with Gasteiger partial charge in [0.05, 0.1) is 17.7 Å². The van der Waals surface area contributed by atoms with Gasteiger partial charge in [-0.15, -0.1) is 0 Å². The van der Waals surface area contributed by atoms with Crippen LogP contribution >= 0.6 is 11.8 Å². The van der Waals surface area contributed by atoms with Crippen molar-refractivity contribution in [1.29, 1.82) is 10.8 Å². The largest absolute Gasteiger partial charge is 0.502 e. The predicted octanol–water partition coefficient (Wildman–Crippen LogP) is 2.48. The third kappa shape index (κ3) is 3.47. The first kappa shape index (κ1) is 25.9. The average molecular weight is 546 g/mol. The number of benzene rings is 1. The van der Waals surface area contributed by atoms with Crippen molar-refractivity contribution >= 4 is 33.7 Å². The maximum Gasteiger partial charge on any atom is 0.316 e. The predicted molar refractivity (Wildman–Crippen MR) is 135 cm³/mol. The molecule has 2 saturated carbocycles. The van der Waals surface area contributed by atoms with E-state index in [0.717, 1.165) is 12.5 Å². The van der Waals surface area contributed by atoms with E-state index in [-0.39, 0.29) is 34.2 Å². The molecule has 10 nitrogen and oxygen atoms in total. The van der Waals surface area contributed by atoms with Crippen molar-refractivity contribution in [1.82, 2.24) is 9.99 Å². The molecule has 1 aromatic carbocycles. The summed E-state index contributed by atoms with van der Waals surface area (Å²) >= 11 is 0.568. The molecule has 3 atom stereocenters. The van der Waals surface area contributed by atoms with Gasteiger partial charge in [-0.1, -0.05) is 17.8 Å². The number of nitrogens with zero attached hydrogens (tertiary/aromatic N) is 2. The third-order valence-electron chi connectivity index (χ3n) is 8.14. The number of pyridine rings is 1. The van der Waals surface area contributed by atoms with Crippen molar-refractivity contribution in [3.8, 4) is 5.75 Å². The SMILES string of the molecule is COC(=O)[C@@]12CC[C@@H]1CCC21NC(=O)c2c(O)c(=O)c(C(=N)SC(=N)Cc3ccc(F)cc3F)cn2N1C. The number of aromatic nitrogens is 1. The molecule has 0 saturated heterocycles. The minimum Gasteiger partial charge on any atom is -0.502 e.